The first-order valence-corrected chi connectivity index (χ1v) is 6.98. The van der Waals surface area contributed by atoms with Crippen molar-refractivity contribution in [1.82, 2.24) is 4.98 Å². The predicted octanol–water partition coefficient (Wildman–Crippen LogP) is 3.56. The van der Waals surface area contributed by atoms with E-state index in [-0.39, 0.29) is 11.3 Å². The molecule has 1 heterocycles. The third-order valence-corrected chi connectivity index (χ3v) is 3.68. The molecule has 5 heteroatoms. The van der Waals surface area contributed by atoms with Crippen molar-refractivity contribution >= 4 is 23.4 Å². The lowest BCUT2D eigenvalue weighted by Crippen LogP contribution is -2.12. The first-order valence-electron chi connectivity index (χ1n) is 6.60. The van der Waals surface area contributed by atoms with Crippen molar-refractivity contribution in [1.29, 1.82) is 0 Å². The molecule has 0 bridgehead atoms. The Morgan fingerprint density at radius 3 is 2.48 bits per heavy atom. The summed E-state index contributed by atoms with van der Waals surface area (Å²) in [5.41, 5.74) is 2.32. The summed E-state index contributed by atoms with van der Waals surface area (Å²) in [4.78, 5) is 27.9. The number of esters is 1. The number of H-pyrrole nitrogens is 1. The van der Waals surface area contributed by atoms with Gasteiger partial charge in [0.25, 0.3) is 0 Å². The predicted molar refractivity (Wildman–Crippen MR) is 81.1 cm³/mol. The number of hydrogen-bond acceptors (Lipinski definition) is 3. The molecule has 0 unspecified atom stereocenters. The van der Waals surface area contributed by atoms with Gasteiger partial charge >= 0.3 is 5.97 Å². The Labute approximate surface area is 128 Å². The zero-order valence-electron chi connectivity index (χ0n) is 12.1. The number of nitrogens with one attached hydrogen (secondary N) is 1. The van der Waals surface area contributed by atoms with Gasteiger partial charge in [-0.15, -0.1) is 0 Å². The molecule has 0 fully saturated rings. The number of rotatable bonds is 4. The Bertz CT molecular complexity index is 704. The highest BCUT2D eigenvalue weighted by Gasteiger charge is 2.27. The molecule has 0 spiro atoms. The number of benzene rings is 1. The maximum atomic E-state index is 12.8. The fourth-order valence-corrected chi connectivity index (χ4v) is 2.56. The molecular weight excluding hydrogens is 290 g/mol. The summed E-state index contributed by atoms with van der Waals surface area (Å²) >= 11 is 6.09. The Morgan fingerprint density at radius 1 is 1.24 bits per heavy atom. The monoisotopic (exact) mass is 305 g/mol. The highest BCUT2D eigenvalue weighted by molar-refractivity contribution is 6.35. The minimum atomic E-state index is -0.529. The van der Waals surface area contributed by atoms with Gasteiger partial charge in [-0.3, -0.25) is 4.79 Å². The van der Waals surface area contributed by atoms with E-state index in [0.717, 1.165) is 0 Å². The Hall–Kier alpha value is -2.07. The molecule has 1 aromatic carbocycles. The van der Waals surface area contributed by atoms with Gasteiger partial charge in [-0.05, 0) is 25.5 Å². The van der Waals surface area contributed by atoms with Crippen LogP contribution in [-0.4, -0.2) is 23.8 Å². The highest BCUT2D eigenvalue weighted by Crippen LogP contribution is 2.26. The molecule has 2 aromatic rings. The van der Waals surface area contributed by atoms with Crippen LogP contribution >= 0.6 is 11.6 Å². The zero-order valence-corrected chi connectivity index (χ0v) is 12.9. The largest absolute Gasteiger partial charge is 0.465 e. The van der Waals surface area contributed by atoms with Crippen molar-refractivity contribution in [2.24, 2.45) is 0 Å². The maximum absolute atomic E-state index is 12.8. The highest BCUT2D eigenvalue weighted by atomic mass is 35.5. The van der Waals surface area contributed by atoms with E-state index in [9.17, 15) is 9.59 Å². The smallest absolute Gasteiger partial charge is 0.340 e. The number of halogens is 1. The number of ketones is 1. The lowest BCUT2D eigenvalue weighted by Gasteiger charge is -2.07. The van der Waals surface area contributed by atoms with Crippen LogP contribution in [0.3, 0.4) is 0 Å². The SMILES string of the molecule is CCc1[nH]c(C)c(C(=O)OC)c1C(=O)c1ccccc1Cl. The number of aryl methyl sites for hydroxylation is 2. The minimum Gasteiger partial charge on any atom is -0.465 e. The van der Waals surface area contributed by atoms with Crippen LogP contribution in [0.15, 0.2) is 24.3 Å². The Kier molecular flexibility index (Phi) is 4.48. The Morgan fingerprint density at radius 2 is 1.90 bits per heavy atom. The molecule has 0 atom stereocenters. The van der Waals surface area contributed by atoms with Crippen LogP contribution in [0.1, 0.15) is 44.6 Å². The zero-order chi connectivity index (χ0) is 15.6. The normalized spacial score (nSPS) is 10.5. The molecule has 1 N–H and O–H groups in total. The second-order valence-electron chi connectivity index (χ2n) is 4.63. The van der Waals surface area contributed by atoms with Gasteiger partial charge in [0, 0.05) is 17.0 Å². The standard InChI is InChI=1S/C16H16ClNO3/c1-4-12-14(13(9(2)18-12)16(20)21-3)15(19)10-7-5-6-8-11(10)17/h5-8,18H,4H2,1-3H3. The molecule has 2 rings (SSSR count). The van der Waals surface area contributed by atoms with Gasteiger partial charge in [-0.1, -0.05) is 30.7 Å². The fourth-order valence-electron chi connectivity index (χ4n) is 2.34. The first-order chi connectivity index (χ1) is 10.0. The van der Waals surface area contributed by atoms with Crippen molar-refractivity contribution in [2.45, 2.75) is 20.3 Å². The number of ether oxygens (including phenoxy) is 1. The van der Waals surface area contributed by atoms with Crippen LogP contribution in [0, 0.1) is 6.92 Å². The summed E-state index contributed by atoms with van der Waals surface area (Å²) in [5, 5.41) is 0.360. The second kappa shape index (κ2) is 6.14. The van der Waals surface area contributed by atoms with Gasteiger partial charge in [0.1, 0.15) is 0 Å². The van der Waals surface area contributed by atoms with Crippen LogP contribution in [0.25, 0.3) is 0 Å². The average molecular weight is 306 g/mol. The third-order valence-electron chi connectivity index (χ3n) is 3.35. The van der Waals surface area contributed by atoms with E-state index in [4.69, 9.17) is 16.3 Å². The summed E-state index contributed by atoms with van der Waals surface area (Å²) in [7, 11) is 1.30. The molecule has 110 valence electrons. The van der Waals surface area contributed by atoms with Crippen molar-refractivity contribution < 1.29 is 14.3 Å². The molecule has 21 heavy (non-hydrogen) atoms. The number of carbonyl (C=O) groups is 2. The van der Waals surface area contributed by atoms with Gasteiger partial charge in [0.2, 0.25) is 0 Å². The molecular formula is C16H16ClNO3. The van der Waals surface area contributed by atoms with E-state index in [0.29, 0.717) is 34.0 Å². The summed E-state index contributed by atoms with van der Waals surface area (Å²) in [6.45, 7) is 3.66. The fraction of sp³-hybridized carbons (Fsp3) is 0.250. The molecule has 0 saturated heterocycles. The minimum absolute atomic E-state index is 0.276. The van der Waals surface area contributed by atoms with Crippen molar-refractivity contribution in [3.8, 4) is 0 Å². The topological polar surface area (TPSA) is 59.2 Å². The van der Waals surface area contributed by atoms with Crippen LogP contribution in [0.4, 0.5) is 0 Å². The van der Waals surface area contributed by atoms with E-state index in [2.05, 4.69) is 4.98 Å². The first kappa shape index (κ1) is 15.3. The quantitative estimate of drug-likeness (QED) is 0.694. The van der Waals surface area contributed by atoms with Crippen molar-refractivity contribution in [2.75, 3.05) is 7.11 Å². The molecule has 0 aliphatic rings. The molecule has 0 aliphatic heterocycles. The van der Waals surface area contributed by atoms with E-state index in [1.807, 2.05) is 6.92 Å². The van der Waals surface area contributed by atoms with Crippen LogP contribution in [0.5, 0.6) is 0 Å². The molecule has 0 radical (unpaired) electrons. The van der Waals surface area contributed by atoms with E-state index < -0.39 is 5.97 Å². The molecule has 0 saturated carbocycles. The number of hydrogen-bond donors (Lipinski definition) is 1. The summed E-state index contributed by atoms with van der Waals surface area (Å²) < 4.78 is 4.79. The van der Waals surface area contributed by atoms with Crippen molar-refractivity contribution in [3.63, 3.8) is 0 Å². The number of aromatic amines is 1. The van der Waals surface area contributed by atoms with Gasteiger partial charge in [0.05, 0.1) is 23.3 Å². The van der Waals surface area contributed by atoms with Crippen molar-refractivity contribution in [3.05, 3.63) is 57.4 Å². The lowest BCUT2D eigenvalue weighted by atomic mass is 9.98. The van der Waals surface area contributed by atoms with E-state index in [1.165, 1.54) is 7.11 Å². The van der Waals surface area contributed by atoms with E-state index >= 15 is 0 Å². The summed E-state index contributed by atoms with van der Waals surface area (Å²) in [6, 6.07) is 6.79. The second-order valence-corrected chi connectivity index (χ2v) is 5.04. The van der Waals surface area contributed by atoms with Gasteiger partial charge in [-0.25, -0.2) is 4.79 Å². The average Bonchev–Trinajstić information content (AvgIpc) is 2.83. The molecule has 0 amide bonds. The van der Waals surface area contributed by atoms with Gasteiger partial charge < -0.3 is 9.72 Å². The number of aromatic nitrogens is 1. The summed E-state index contributed by atoms with van der Waals surface area (Å²) in [5.74, 6) is -0.805. The number of carbonyl (C=O) groups excluding carboxylic acids is 2. The van der Waals surface area contributed by atoms with Crippen LogP contribution < -0.4 is 0 Å². The third kappa shape index (κ3) is 2.72. The van der Waals surface area contributed by atoms with Gasteiger partial charge in [-0.2, -0.15) is 0 Å². The van der Waals surface area contributed by atoms with Crippen LogP contribution in [0.2, 0.25) is 5.02 Å². The van der Waals surface area contributed by atoms with E-state index in [1.54, 1.807) is 31.2 Å². The Balaban J connectivity index is 2.65. The number of methoxy groups -OCH3 is 1. The molecule has 1 aromatic heterocycles. The lowest BCUT2D eigenvalue weighted by molar-refractivity contribution is 0.0597. The maximum Gasteiger partial charge on any atom is 0.340 e. The van der Waals surface area contributed by atoms with Crippen LogP contribution in [-0.2, 0) is 11.2 Å². The van der Waals surface area contributed by atoms with Gasteiger partial charge in [0.15, 0.2) is 5.78 Å². The summed E-state index contributed by atoms with van der Waals surface area (Å²) in [6.07, 6.45) is 0.601. The molecule has 0 aliphatic carbocycles. The molecule has 4 nitrogen and oxygen atoms in total.